The molecule has 3 heterocycles. The predicted octanol–water partition coefficient (Wildman–Crippen LogP) is 3.71. The van der Waals surface area contributed by atoms with Gasteiger partial charge in [-0.15, -0.1) is 0 Å². The van der Waals surface area contributed by atoms with Gasteiger partial charge in [0.25, 0.3) is 0 Å². The van der Waals surface area contributed by atoms with Gasteiger partial charge in [-0.3, -0.25) is 9.78 Å². The molecule has 2 aliphatic rings. The Bertz CT molecular complexity index is 748. The van der Waals surface area contributed by atoms with E-state index in [4.69, 9.17) is 4.74 Å². The Kier molecular flexibility index (Phi) is 5.02. The molecule has 1 amide bonds. The van der Waals surface area contributed by atoms with Crippen LogP contribution < -0.4 is 0 Å². The van der Waals surface area contributed by atoms with E-state index in [-0.39, 0.29) is 5.41 Å². The number of aromatic nitrogens is 1. The lowest BCUT2D eigenvalue weighted by atomic mass is 9.74. The van der Waals surface area contributed by atoms with Crippen molar-refractivity contribution in [2.24, 2.45) is 5.41 Å². The lowest BCUT2D eigenvalue weighted by Crippen LogP contribution is -2.47. The van der Waals surface area contributed by atoms with Gasteiger partial charge in [0.05, 0.1) is 5.41 Å². The highest BCUT2D eigenvalue weighted by Gasteiger charge is 2.43. The van der Waals surface area contributed by atoms with E-state index < -0.39 is 0 Å². The van der Waals surface area contributed by atoms with E-state index in [2.05, 4.69) is 40.2 Å². The van der Waals surface area contributed by atoms with Crippen molar-refractivity contribution in [3.8, 4) is 11.1 Å². The highest BCUT2D eigenvalue weighted by Crippen LogP contribution is 2.38. The van der Waals surface area contributed by atoms with Crippen molar-refractivity contribution >= 4 is 5.91 Å². The summed E-state index contributed by atoms with van der Waals surface area (Å²) in [5, 5.41) is 0. The molecule has 2 aliphatic heterocycles. The zero-order valence-corrected chi connectivity index (χ0v) is 15.2. The zero-order valence-electron chi connectivity index (χ0n) is 15.2. The smallest absolute Gasteiger partial charge is 0.229 e. The number of amides is 1. The van der Waals surface area contributed by atoms with E-state index in [1.807, 2.05) is 12.3 Å². The van der Waals surface area contributed by atoms with E-state index in [0.717, 1.165) is 56.3 Å². The summed E-state index contributed by atoms with van der Waals surface area (Å²) in [6.45, 7) is 3.19. The number of carbonyl (C=O) groups is 1. The van der Waals surface area contributed by atoms with Gasteiger partial charge in [-0.1, -0.05) is 30.3 Å². The number of benzene rings is 1. The number of likely N-dealkylation sites (tertiary alicyclic amines) is 1. The molecule has 4 heteroatoms. The summed E-state index contributed by atoms with van der Waals surface area (Å²) in [4.78, 5) is 19.6. The summed E-state index contributed by atoms with van der Waals surface area (Å²) in [5.41, 5.74) is 3.18. The highest BCUT2D eigenvalue weighted by molar-refractivity contribution is 5.83. The molecule has 2 saturated heterocycles. The third-order valence-corrected chi connectivity index (χ3v) is 5.76. The van der Waals surface area contributed by atoms with Crippen LogP contribution in [0.1, 0.15) is 31.2 Å². The fourth-order valence-electron chi connectivity index (χ4n) is 4.27. The molecule has 0 saturated carbocycles. The standard InChI is InChI=1S/C22H26N2O2/c25-21(24-11-1-2-12-24)22(8-13-26-14-9-22)16-18-5-3-6-19(15-18)20-7-4-10-23-17-20/h3-7,10,15,17H,1-2,8-9,11-14,16H2. The molecule has 0 aliphatic carbocycles. The van der Waals surface area contributed by atoms with Crippen molar-refractivity contribution < 1.29 is 9.53 Å². The van der Waals surface area contributed by atoms with Crippen LogP contribution in [0.3, 0.4) is 0 Å². The average molecular weight is 350 g/mol. The number of hydrogen-bond acceptors (Lipinski definition) is 3. The Morgan fingerprint density at radius 2 is 1.85 bits per heavy atom. The largest absolute Gasteiger partial charge is 0.381 e. The first-order valence-electron chi connectivity index (χ1n) is 9.63. The molecule has 2 fully saturated rings. The van der Waals surface area contributed by atoms with Crippen molar-refractivity contribution in [3.05, 3.63) is 54.4 Å². The Morgan fingerprint density at radius 1 is 1.08 bits per heavy atom. The second kappa shape index (κ2) is 7.58. The molecular formula is C22H26N2O2. The maximum Gasteiger partial charge on any atom is 0.229 e. The van der Waals surface area contributed by atoms with Crippen LogP contribution in [0.15, 0.2) is 48.8 Å². The van der Waals surface area contributed by atoms with E-state index in [1.165, 1.54) is 5.56 Å². The van der Waals surface area contributed by atoms with E-state index >= 15 is 0 Å². The Balaban J connectivity index is 1.61. The Labute approximate surface area is 155 Å². The molecule has 0 N–H and O–H groups in total. The van der Waals surface area contributed by atoms with E-state index in [1.54, 1.807) is 6.20 Å². The number of carbonyl (C=O) groups excluding carboxylic acids is 1. The lowest BCUT2D eigenvalue weighted by Gasteiger charge is -2.39. The monoisotopic (exact) mass is 350 g/mol. The molecule has 1 aromatic carbocycles. The van der Waals surface area contributed by atoms with Crippen LogP contribution in [0.2, 0.25) is 0 Å². The molecule has 0 atom stereocenters. The van der Waals surface area contributed by atoms with Crippen LogP contribution in [-0.2, 0) is 16.0 Å². The van der Waals surface area contributed by atoms with Crippen LogP contribution in [0.4, 0.5) is 0 Å². The SMILES string of the molecule is O=C(N1CCCC1)C1(Cc2cccc(-c3cccnc3)c2)CCOCC1. The number of pyridine rings is 1. The fourth-order valence-corrected chi connectivity index (χ4v) is 4.27. The average Bonchev–Trinajstić information content (AvgIpc) is 3.24. The minimum atomic E-state index is -0.309. The minimum absolute atomic E-state index is 0.309. The zero-order chi connectivity index (χ0) is 17.8. The molecule has 0 bridgehead atoms. The predicted molar refractivity (Wildman–Crippen MR) is 102 cm³/mol. The number of rotatable bonds is 4. The lowest BCUT2D eigenvalue weighted by molar-refractivity contribution is -0.146. The van der Waals surface area contributed by atoms with Gasteiger partial charge >= 0.3 is 0 Å². The summed E-state index contributed by atoms with van der Waals surface area (Å²) < 4.78 is 5.59. The molecule has 0 unspecified atom stereocenters. The topological polar surface area (TPSA) is 42.4 Å². The van der Waals surface area contributed by atoms with Crippen molar-refractivity contribution in [2.45, 2.75) is 32.1 Å². The second-order valence-corrected chi connectivity index (χ2v) is 7.51. The number of nitrogens with zero attached hydrogens (tertiary/aromatic N) is 2. The quantitative estimate of drug-likeness (QED) is 0.844. The van der Waals surface area contributed by atoms with Crippen LogP contribution in [0.25, 0.3) is 11.1 Å². The van der Waals surface area contributed by atoms with Crippen LogP contribution in [0.5, 0.6) is 0 Å². The van der Waals surface area contributed by atoms with Crippen molar-refractivity contribution in [1.29, 1.82) is 0 Å². The molecule has 0 radical (unpaired) electrons. The molecule has 4 nitrogen and oxygen atoms in total. The minimum Gasteiger partial charge on any atom is -0.381 e. The number of ether oxygens (including phenoxy) is 1. The first-order chi connectivity index (χ1) is 12.8. The molecule has 1 aromatic heterocycles. The molecule has 4 rings (SSSR count). The van der Waals surface area contributed by atoms with Gasteiger partial charge in [0.1, 0.15) is 0 Å². The Hall–Kier alpha value is -2.20. The summed E-state index contributed by atoms with van der Waals surface area (Å²) in [7, 11) is 0. The van der Waals surface area contributed by atoms with Crippen molar-refractivity contribution in [3.63, 3.8) is 0 Å². The molecule has 0 spiro atoms. The maximum absolute atomic E-state index is 13.3. The normalized spacial score (nSPS) is 19.5. The molecule has 2 aromatic rings. The van der Waals surface area contributed by atoms with Gasteiger partial charge in [0, 0.05) is 38.7 Å². The summed E-state index contributed by atoms with van der Waals surface area (Å²) >= 11 is 0. The second-order valence-electron chi connectivity index (χ2n) is 7.51. The molecule has 136 valence electrons. The van der Waals surface area contributed by atoms with E-state index in [0.29, 0.717) is 19.1 Å². The van der Waals surface area contributed by atoms with Gasteiger partial charge in [-0.2, -0.15) is 0 Å². The first-order valence-corrected chi connectivity index (χ1v) is 9.63. The van der Waals surface area contributed by atoms with Gasteiger partial charge in [-0.25, -0.2) is 0 Å². The third-order valence-electron chi connectivity index (χ3n) is 5.76. The van der Waals surface area contributed by atoms with Gasteiger partial charge < -0.3 is 9.64 Å². The first kappa shape index (κ1) is 17.2. The summed E-state index contributed by atoms with van der Waals surface area (Å²) in [5.74, 6) is 0.338. The summed E-state index contributed by atoms with van der Waals surface area (Å²) in [6.07, 6.45) is 8.38. The Morgan fingerprint density at radius 3 is 2.58 bits per heavy atom. The van der Waals surface area contributed by atoms with E-state index in [9.17, 15) is 4.79 Å². The highest BCUT2D eigenvalue weighted by atomic mass is 16.5. The molecule has 26 heavy (non-hydrogen) atoms. The fraction of sp³-hybridized carbons (Fsp3) is 0.455. The van der Waals surface area contributed by atoms with Gasteiger partial charge in [0.15, 0.2) is 0 Å². The molecular weight excluding hydrogens is 324 g/mol. The van der Waals surface area contributed by atoms with Crippen LogP contribution >= 0.6 is 0 Å². The van der Waals surface area contributed by atoms with Crippen molar-refractivity contribution in [2.75, 3.05) is 26.3 Å². The summed E-state index contributed by atoms with van der Waals surface area (Å²) in [6, 6.07) is 12.6. The van der Waals surface area contributed by atoms with Crippen LogP contribution in [0, 0.1) is 5.41 Å². The number of hydrogen-bond donors (Lipinski definition) is 0. The van der Waals surface area contributed by atoms with Gasteiger partial charge in [0.2, 0.25) is 5.91 Å². The maximum atomic E-state index is 13.3. The van der Waals surface area contributed by atoms with Crippen LogP contribution in [-0.4, -0.2) is 42.1 Å². The van der Waals surface area contributed by atoms with Gasteiger partial charge in [-0.05, 0) is 54.9 Å². The van der Waals surface area contributed by atoms with Crippen molar-refractivity contribution in [1.82, 2.24) is 9.88 Å². The third kappa shape index (κ3) is 3.51.